The summed E-state index contributed by atoms with van der Waals surface area (Å²) in [6.45, 7) is -0.538. The Bertz CT molecular complexity index is 40.7. The van der Waals surface area contributed by atoms with Gasteiger partial charge in [-0.1, -0.05) is 22.6 Å². The van der Waals surface area contributed by atoms with Crippen LogP contribution in [0.15, 0.2) is 0 Å². The van der Waals surface area contributed by atoms with Crippen molar-refractivity contribution in [2.45, 2.75) is 12.6 Å². The second-order valence-corrected chi connectivity index (χ2v) is 2.11. The third-order valence-electron chi connectivity index (χ3n) is 0.590. The van der Waals surface area contributed by atoms with E-state index in [-0.39, 0.29) is 6.42 Å². The van der Waals surface area contributed by atoms with Crippen molar-refractivity contribution in [1.29, 1.82) is 0 Å². The average Bonchev–Trinajstić information content (AvgIpc) is 1.68. The first-order chi connectivity index (χ1) is 3.31. The molecule has 44 valence electrons. The molecule has 0 amide bonds. The molecule has 0 aliphatic carbocycles. The van der Waals surface area contributed by atoms with Crippen LogP contribution in [0.3, 0.4) is 0 Å². The molecule has 1 unspecified atom stereocenters. The molecule has 0 aromatic rings. The van der Waals surface area contributed by atoms with Gasteiger partial charge in [-0.25, -0.2) is 4.39 Å². The monoisotopic (exact) mass is 220 g/mol. The summed E-state index contributed by atoms with van der Waals surface area (Å²) in [5, 5.41) is 0. The lowest BCUT2D eigenvalue weighted by Gasteiger charge is -1.95. The summed E-state index contributed by atoms with van der Waals surface area (Å²) in [7, 11) is 0. The highest BCUT2D eigenvalue weighted by Gasteiger charge is 2.00. The van der Waals surface area contributed by atoms with E-state index in [0.29, 0.717) is 4.43 Å². The third-order valence-corrected chi connectivity index (χ3v) is 1.55. The van der Waals surface area contributed by atoms with Crippen molar-refractivity contribution in [3.05, 3.63) is 0 Å². The fourth-order valence-electron chi connectivity index (χ4n) is 0.196. The molecule has 0 N–H and O–H groups in total. The zero-order valence-corrected chi connectivity index (χ0v) is 5.99. The first-order valence-corrected chi connectivity index (χ1v) is 3.59. The van der Waals surface area contributed by atoms with Gasteiger partial charge in [-0.05, 0) is 0 Å². The summed E-state index contributed by atoms with van der Waals surface area (Å²) in [6, 6.07) is 0. The molecule has 0 aliphatic heterocycles. The summed E-state index contributed by atoms with van der Waals surface area (Å²) in [6.07, 6.45) is -0.881. The van der Waals surface area contributed by atoms with Gasteiger partial charge in [0.25, 0.3) is 0 Å². The van der Waals surface area contributed by atoms with E-state index >= 15 is 0 Å². The molecule has 0 aliphatic rings. The van der Waals surface area contributed by atoms with E-state index in [2.05, 4.69) is 0 Å². The topological polar surface area (TPSA) is 0 Å². The van der Waals surface area contributed by atoms with Crippen molar-refractivity contribution in [3.63, 3.8) is 0 Å². The maximum Gasteiger partial charge on any atom is 0.111 e. The fraction of sp³-hybridized carbons (Fsp3) is 1.00. The molecule has 0 saturated carbocycles. The number of hydrogen-bond donors (Lipinski definition) is 0. The van der Waals surface area contributed by atoms with Crippen molar-refractivity contribution in [2.24, 2.45) is 0 Å². The van der Waals surface area contributed by atoms with Crippen molar-refractivity contribution >= 4 is 22.6 Å². The van der Waals surface area contributed by atoms with Gasteiger partial charge in [0.05, 0.1) is 6.67 Å². The minimum atomic E-state index is -0.939. The van der Waals surface area contributed by atoms with E-state index in [1.165, 1.54) is 0 Å². The first-order valence-electron chi connectivity index (χ1n) is 2.07. The SMILES string of the molecule is FCCC(F)CI. The molecular formula is C4H7F2I. The Hall–Kier alpha value is 0.590. The molecule has 0 nitrogen and oxygen atoms in total. The number of rotatable bonds is 3. The van der Waals surface area contributed by atoms with Crippen LogP contribution in [0.5, 0.6) is 0 Å². The van der Waals surface area contributed by atoms with Crippen LogP contribution < -0.4 is 0 Å². The van der Waals surface area contributed by atoms with Crippen LogP contribution in [0, 0.1) is 0 Å². The van der Waals surface area contributed by atoms with Gasteiger partial charge in [0, 0.05) is 10.8 Å². The van der Waals surface area contributed by atoms with Gasteiger partial charge in [0.1, 0.15) is 6.17 Å². The van der Waals surface area contributed by atoms with Crippen LogP contribution in [-0.2, 0) is 0 Å². The van der Waals surface area contributed by atoms with Crippen LogP contribution in [0.4, 0.5) is 8.78 Å². The molecule has 0 heterocycles. The van der Waals surface area contributed by atoms with Crippen molar-refractivity contribution in [2.75, 3.05) is 11.1 Å². The van der Waals surface area contributed by atoms with Gasteiger partial charge in [0.15, 0.2) is 0 Å². The van der Waals surface area contributed by atoms with E-state index in [4.69, 9.17) is 0 Å². The van der Waals surface area contributed by atoms with Crippen molar-refractivity contribution < 1.29 is 8.78 Å². The molecular weight excluding hydrogens is 213 g/mol. The molecule has 0 saturated heterocycles. The summed E-state index contributed by atoms with van der Waals surface area (Å²) >= 11 is 1.90. The van der Waals surface area contributed by atoms with Crippen LogP contribution >= 0.6 is 22.6 Å². The molecule has 0 spiro atoms. The van der Waals surface area contributed by atoms with Gasteiger partial charge in [-0.2, -0.15) is 0 Å². The van der Waals surface area contributed by atoms with Crippen molar-refractivity contribution in [1.82, 2.24) is 0 Å². The number of alkyl halides is 3. The fourth-order valence-corrected chi connectivity index (χ4v) is 0.636. The van der Waals surface area contributed by atoms with Gasteiger partial charge < -0.3 is 0 Å². The molecule has 0 bridgehead atoms. The number of hydrogen-bond acceptors (Lipinski definition) is 0. The highest BCUT2D eigenvalue weighted by atomic mass is 127. The Morgan fingerprint density at radius 3 is 2.29 bits per heavy atom. The Balaban J connectivity index is 2.83. The highest BCUT2D eigenvalue weighted by Crippen LogP contribution is 2.01. The lowest BCUT2D eigenvalue weighted by molar-refractivity contribution is 0.313. The molecule has 3 heteroatoms. The Labute approximate surface area is 55.4 Å². The van der Waals surface area contributed by atoms with Crippen LogP contribution in [-0.4, -0.2) is 17.3 Å². The van der Waals surface area contributed by atoms with E-state index in [9.17, 15) is 8.78 Å². The second-order valence-electron chi connectivity index (χ2n) is 1.23. The largest absolute Gasteiger partial charge is 0.251 e. The molecule has 0 aromatic carbocycles. The van der Waals surface area contributed by atoms with Crippen LogP contribution in [0.25, 0.3) is 0 Å². The Kier molecular flexibility index (Phi) is 5.14. The lowest BCUT2D eigenvalue weighted by atomic mass is 10.3. The smallest absolute Gasteiger partial charge is 0.111 e. The van der Waals surface area contributed by atoms with E-state index in [1.54, 1.807) is 0 Å². The van der Waals surface area contributed by atoms with Crippen LogP contribution in [0.2, 0.25) is 0 Å². The van der Waals surface area contributed by atoms with Gasteiger partial charge in [-0.15, -0.1) is 0 Å². The lowest BCUT2D eigenvalue weighted by Crippen LogP contribution is -2.00. The minimum absolute atomic E-state index is 0.0585. The molecule has 0 fully saturated rings. The average molecular weight is 220 g/mol. The first kappa shape index (κ1) is 7.59. The standard InChI is InChI=1S/C4H7F2I/c5-2-1-4(6)3-7/h4H,1-3H2. The maximum absolute atomic E-state index is 11.9. The zero-order chi connectivity index (χ0) is 5.70. The maximum atomic E-state index is 11.9. The zero-order valence-electron chi connectivity index (χ0n) is 3.83. The second kappa shape index (κ2) is 4.74. The summed E-state index contributed by atoms with van der Waals surface area (Å²) in [5.41, 5.74) is 0. The van der Waals surface area contributed by atoms with Gasteiger partial charge in [0.2, 0.25) is 0 Å². The van der Waals surface area contributed by atoms with E-state index in [1.807, 2.05) is 22.6 Å². The minimum Gasteiger partial charge on any atom is -0.251 e. The van der Waals surface area contributed by atoms with Gasteiger partial charge >= 0.3 is 0 Å². The summed E-state index contributed by atoms with van der Waals surface area (Å²) < 4.78 is 23.5. The predicted molar refractivity (Wildman–Crippen MR) is 34.4 cm³/mol. The quantitative estimate of drug-likeness (QED) is 0.504. The molecule has 0 aromatic heterocycles. The molecule has 0 rings (SSSR count). The molecule has 1 atom stereocenters. The number of halogens is 3. The Morgan fingerprint density at radius 2 is 2.14 bits per heavy atom. The summed E-state index contributed by atoms with van der Waals surface area (Å²) in [5.74, 6) is 0. The van der Waals surface area contributed by atoms with E-state index in [0.717, 1.165) is 0 Å². The van der Waals surface area contributed by atoms with Gasteiger partial charge in [-0.3, -0.25) is 4.39 Å². The van der Waals surface area contributed by atoms with Crippen LogP contribution in [0.1, 0.15) is 6.42 Å². The predicted octanol–water partition coefficient (Wildman–Crippen LogP) is 2.12. The summed E-state index contributed by atoms with van der Waals surface area (Å²) in [4.78, 5) is 0. The molecule has 0 radical (unpaired) electrons. The highest BCUT2D eigenvalue weighted by molar-refractivity contribution is 14.1. The molecule has 7 heavy (non-hydrogen) atoms. The van der Waals surface area contributed by atoms with Crippen molar-refractivity contribution in [3.8, 4) is 0 Å². The normalized spacial score (nSPS) is 14.1. The van der Waals surface area contributed by atoms with E-state index < -0.39 is 12.8 Å². The third kappa shape index (κ3) is 4.44. The Morgan fingerprint density at radius 1 is 1.57 bits per heavy atom.